The van der Waals surface area contributed by atoms with E-state index in [4.69, 9.17) is 9.26 Å². The second-order valence-electron chi connectivity index (χ2n) is 4.75. The molecule has 1 saturated heterocycles. The van der Waals surface area contributed by atoms with E-state index in [1.807, 2.05) is 30.3 Å². The van der Waals surface area contributed by atoms with Gasteiger partial charge in [-0.3, -0.25) is 4.90 Å². The quantitative estimate of drug-likeness (QED) is 0.851. The Bertz CT molecular complexity index is 574. The summed E-state index contributed by atoms with van der Waals surface area (Å²) >= 11 is 0. The minimum absolute atomic E-state index is 0.486. The van der Waals surface area contributed by atoms with Crippen LogP contribution in [0.25, 0.3) is 5.57 Å². The van der Waals surface area contributed by atoms with Gasteiger partial charge in [0.05, 0.1) is 19.8 Å². The van der Waals surface area contributed by atoms with Crippen LogP contribution in [0.15, 0.2) is 41.4 Å². The summed E-state index contributed by atoms with van der Waals surface area (Å²) in [5, 5.41) is 4.03. The van der Waals surface area contributed by atoms with Gasteiger partial charge in [-0.05, 0) is 5.56 Å². The molecule has 0 saturated carbocycles. The lowest BCUT2D eigenvalue weighted by Crippen LogP contribution is -2.35. The first-order chi connectivity index (χ1) is 9.83. The van der Waals surface area contributed by atoms with E-state index in [0.717, 1.165) is 37.4 Å². The third-order valence-corrected chi connectivity index (χ3v) is 3.32. The maximum atomic E-state index is 5.32. The molecule has 104 valence electrons. The zero-order valence-corrected chi connectivity index (χ0v) is 11.3. The first-order valence-corrected chi connectivity index (χ1v) is 6.70. The van der Waals surface area contributed by atoms with E-state index in [-0.39, 0.29) is 0 Å². The Kier molecular flexibility index (Phi) is 3.90. The Balaban J connectivity index is 1.68. The first-order valence-electron chi connectivity index (χ1n) is 6.70. The van der Waals surface area contributed by atoms with Gasteiger partial charge >= 0.3 is 0 Å². The Morgan fingerprint density at radius 3 is 2.70 bits per heavy atom. The van der Waals surface area contributed by atoms with Crippen molar-refractivity contribution in [1.29, 1.82) is 0 Å². The van der Waals surface area contributed by atoms with Crippen LogP contribution in [0, 0.1) is 0 Å². The molecule has 1 aliphatic heterocycles. The maximum Gasteiger partial charge on any atom is 0.257 e. The van der Waals surface area contributed by atoms with Crippen molar-refractivity contribution in [3.63, 3.8) is 0 Å². The molecule has 2 heterocycles. The molecular weight excluding hydrogens is 254 g/mol. The fourth-order valence-electron chi connectivity index (χ4n) is 2.16. The standard InChI is InChI=1S/C15H17N3O2/c1-12(13-5-3-2-4-6-13)15-16-14(17-20-15)11-18-7-9-19-10-8-18/h2-6H,1,7-11H2. The van der Waals surface area contributed by atoms with Gasteiger partial charge in [0.1, 0.15) is 0 Å². The normalized spacial score (nSPS) is 16.2. The van der Waals surface area contributed by atoms with E-state index in [1.54, 1.807) is 0 Å². The zero-order valence-electron chi connectivity index (χ0n) is 11.3. The summed E-state index contributed by atoms with van der Waals surface area (Å²) in [5.41, 5.74) is 1.75. The van der Waals surface area contributed by atoms with E-state index in [9.17, 15) is 0 Å². The van der Waals surface area contributed by atoms with Crippen LogP contribution >= 0.6 is 0 Å². The molecule has 5 heteroatoms. The van der Waals surface area contributed by atoms with Crippen LogP contribution in [0.3, 0.4) is 0 Å². The van der Waals surface area contributed by atoms with Gasteiger partial charge in [-0.15, -0.1) is 0 Å². The molecule has 0 amide bonds. The first kappa shape index (κ1) is 13.0. The lowest BCUT2D eigenvalue weighted by atomic mass is 10.1. The van der Waals surface area contributed by atoms with Gasteiger partial charge in [0.25, 0.3) is 5.89 Å². The van der Waals surface area contributed by atoms with Crippen molar-refractivity contribution in [3.05, 3.63) is 54.2 Å². The van der Waals surface area contributed by atoms with Crippen molar-refractivity contribution in [3.8, 4) is 0 Å². The third kappa shape index (κ3) is 2.95. The van der Waals surface area contributed by atoms with E-state index in [0.29, 0.717) is 18.3 Å². The molecule has 2 aromatic rings. The fourth-order valence-corrected chi connectivity index (χ4v) is 2.16. The molecule has 0 radical (unpaired) electrons. The lowest BCUT2D eigenvalue weighted by Gasteiger charge is -2.24. The second-order valence-corrected chi connectivity index (χ2v) is 4.75. The Morgan fingerprint density at radius 1 is 1.20 bits per heavy atom. The highest BCUT2D eigenvalue weighted by Gasteiger charge is 2.16. The molecule has 1 aliphatic rings. The Morgan fingerprint density at radius 2 is 1.95 bits per heavy atom. The van der Waals surface area contributed by atoms with Gasteiger partial charge in [0.2, 0.25) is 0 Å². The molecule has 1 fully saturated rings. The van der Waals surface area contributed by atoms with Crippen molar-refractivity contribution < 1.29 is 9.26 Å². The number of ether oxygens (including phenoxy) is 1. The minimum atomic E-state index is 0.486. The molecule has 0 aliphatic carbocycles. The molecule has 0 unspecified atom stereocenters. The van der Waals surface area contributed by atoms with Gasteiger partial charge in [0, 0.05) is 18.7 Å². The molecule has 20 heavy (non-hydrogen) atoms. The SMILES string of the molecule is C=C(c1ccccc1)c1nc(CN2CCOCC2)no1. The second kappa shape index (κ2) is 5.98. The topological polar surface area (TPSA) is 51.4 Å². The summed E-state index contributed by atoms with van der Waals surface area (Å²) in [6.45, 7) is 8.06. The van der Waals surface area contributed by atoms with Crippen molar-refractivity contribution >= 4 is 5.57 Å². The summed E-state index contributed by atoms with van der Waals surface area (Å²) < 4.78 is 10.6. The van der Waals surface area contributed by atoms with Crippen LogP contribution in [0.4, 0.5) is 0 Å². The predicted molar refractivity (Wildman–Crippen MR) is 75.0 cm³/mol. The van der Waals surface area contributed by atoms with E-state index in [1.165, 1.54) is 0 Å². The van der Waals surface area contributed by atoms with Crippen molar-refractivity contribution in [2.75, 3.05) is 26.3 Å². The Hall–Kier alpha value is -1.98. The highest BCUT2D eigenvalue weighted by Crippen LogP contribution is 2.19. The number of hydrogen-bond acceptors (Lipinski definition) is 5. The maximum absolute atomic E-state index is 5.32. The molecule has 5 nitrogen and oxygen atoms in total. The molecule has 0 atom stereocenters. The molecule has 3 rings (SSSR count). The van der Waals surface area contributed by atoms with Crippen LogP contribution in [0.5, 0.6) is 0 Å². The molecule has 1 aromatic carbocycles. The van der Waals surface area contributed by atoms with Gasteiger partial charge in [-0.2, -0.15) is 4.98 Å². The fraction of sp³-hybridized carbons (Fsp3) is 0.333. The van der Waals surface area contributed by atoms with Crippen LogP contribution < -0.4 is 0 Å². The van der Waals surface area contributed by atoms with Gasteiger partial charge in [-0.25, -0.2) is 0 Å². The average molecular weight is 271 g/mol. The van der Waals surface area contributed by atoms with E-state index >= 15 is 0 Å². The minimum Gasteiger partial charge on any atom is -0.379 e. The predicted octanol–water partition coefficient (Wildman–Crippen LogP) is 1.96. The number of morpholine rings is 1. The molecular formula is C15H17N3O2. The number of rotatable bonds is 4. The van der Waals surface area contributed by atoms with Gasteiger partial charge in [-0.1, -0.05) is 42.1 Å². The highest BCUT2D eigenvalue weighted by atomic mass is 16.5. The van der Waals surface area contributed by atoms with Crippen LogP contribution in [0.2, 0.25) is 0 Å². The number of benzene rings is 1. The van der Waals surface area contributed by atoms with Crippen LogP contribution in [-0.2, 0) is 11.3 Å². The largest absolute Gasteiger partial charge is 0.379 e. The lowest BCUT2D eigenvalue weighted by molar-refractivity contribution is 0.0327. The van der Waals surface area contributed by atoms with Gasteiger partial charge in [0.15, 0.2) is 5.82 Å². The average Bonchev–Trinajstić information content (AvgIpc) is 2.97. The number of nitrogens with zero attached hydrogens (tertiary/aromatic N) is 3. The zero-order chi connectivity index (χ0) is 13.8. The summed E-state index contributed by atoms with van der Waals surface area (Å²) in [6.07, 6.45) is 0. The third-order valence-electron chi connectivity index (χ3n) is 3.32. The number of aromatic nitrogens is 2. The molecule has 0 N–H and O–H groups in total. The monoisotopic (exact) mass is 271 g/mol. The van der Waals surface area contributed by atoms with Crippen molar-refractivity contribution in [2.24, 2.45) is 0 Å². The summed E-state index contributed by atoms with van der Waals surface area (Å²) in [5.74, 6) is 1.18. The van der Waals surface area contributed by atoms with Gasteiger partial charge < -0.3 is 9.26 Å². The van der Waals surface area contributed by atoms with Crippen LogP contribution in [-0.4, -0.2) is 41.3 Å². The Labute approximate surface area is 117 Å². The smallest absolute Gasteiger partial charge is 0.257 e. The van der Waals surface area contributed by atoms with Crippen molar-refractivity contribution in [2.45, 2.75) is 6.54 Å². The van der Waals surface area contributed by atoms with Crippen molar-refractivity contribution in [1.82, 2.24) is 15.0 Å². The summed E-state index contributed by atoms with van der Waals surface area (Å²) in [4.78, 5) is 6.67. The molecule has 0 bridgehead atoms. The molecule has 0 spiro atoms. The summed E-state index contributed by atoms with van der Waals surface area (Å²) in [6, 6.07) is 9.86. The van der Waals surface area contributed by atoms with E-state index in [2.05, 4.69) is 21.6 Å². The highest BCUT2D eigenvalue weighted by molar-refractivity contribution is 5.73. The van der Waals surface area contributed by atoms with Crippen LogP contribution in [0.1, 0.15) is 17.3 Å². The number of hydrogen-bond donors (Lipinski definition) is 0. The van der Waals surface area contributed by atoms with E-state index < -0.39 is 0 Å². The molecule has 1 aromatic heterocycles. The summed E-state index contributed by atoms with van der Waals surface area (Å²) in [7, 11) is 0.